The van der Waals surface area contributed by atoms with Crippen LogP contribution in [-0.4, -0.2) is 16.0 Å². The van der Waals surface area contributed by atoms with Crippen molar-refractivity contribution in [2.24, 2.45) is 11.8 Å². The molecular weight excluding hydrogens is 260 g/mol. The molecule has 2 aliphatic rings. The number of hydrogen-bond acceptors (Lipinski definition) is 4. The summed E-state index contributed by atoms with van der Waals surface area (Å²) in [6.07, 6.45) is 5.39. The van der Waals surface area contributed by atoms with E-state index in [4.69, 9.17) is 5.73 Å². The van der Waals surface area contributed by atoms with Gasteiger partial charge in [0.05, 0.1) is 0 Å². The van der Waals surface area contributed by atoms with Crippen molar-refractivity contribution >= 4 is 11.6 Å². The van der Waals surface area contributed by atoms with E-state index < -0.39 is 0 Å². The summed E-state index contributed by atoms with van der Waals surface area (Å²) in [7, 11) is 0. The molecule has 2 saturated carbocycles. The Bertz CT molecular complexity index is 620. The molecule has 4 nitrogen and oxygen atoms in total. The smallest absolute Gasteiger partial charge is 0.163 e. The molecule has 1 aromatic heterocycles. The van der Waals surface area contributed by atoms with Crippen molar-refractivity contribution in [3.05, 3.63) is 36.4 Å². The van der Waals surface area contributed by atoms with Crippen LogP contribution in [0.5, 0.6) is 0 Å². The third-order valence-electron chi connectivity index (χ3n) is 4.35. The molecule has 0 unspecified atom stereocenters. The summed E-state index contributed by atoms with van der Waals surface area (Å²) >= 11 is 0. The standard InChI is InChI=1S/C17H20N4/c18-14-10-15(20-16(11-6-7-11)12-8-9-12)21-17(19-14)13-4-2-1-3-5-13/h1-5,10-12,16H,6-9H2,(H3,18,19,20,21). The van der Waals surface area contributed by atoms with Gasteiger partial charge in [-0.1, -0.05) is 30.3 Å². The molecule has 0 spiro atoms. The van der Waals surface area contributed by atoms with Gasteiger partial charge in [-0.2, -0.15) is 0 Å². The molecule has 1 aromatic carbocycles. The maximum atomic E-state index is 5.96. The molecule has 2 fully saturated rings. The maximum Gasteiger partial charge on any atom is 0.163 e. The van der Waals surface area contributed by atoms with E-state index in [-0.39, 0.29) is 0 Å². The number of hydrogen-bond donors (Lipinski definition) is 2. The van der Waals surface area contributed by atoms with Gasteiger partial charge in [-0.15, -0.1) is 0 Å². The second-order valence-corrected chi connectivity index (χ2v) is 6.21. The number of nitrogens with one attached hydrogen (secondary N) is 1. The second-order valence-electron chi connectivity index (χ2n) is 6.21. The summed E-state index contributed by atoms with van der Waals surface area (Å²) in [6.45, 7) is 0. The Balaban J connectivity index is 1.61. The fraction of sp³-hybridized carbons (Fsp3) is 0.412. The number of nitrogen functional groups attached to an aromatic ring is 1. The van der Waals surface area contributed by atoms with Crippen molar-refractivity contribution in [3.63, 3.8) is 0 Å². The first-order valence-corrected chi connectivity index (χ1v) is 7.76. The highest BCUT2D eigenvalue weighted by atomic mass is 15.1. The van der Waals surface area contributed by atoms with Gasteiger partial charge >= 0.3 is 0 Å². The van der Waals surface area contributed by atoms with Crippen molar-refractivity contribution in [1.82, 2.24) is 9.97 Å². The topological polar surface area (TPSA) is 63.8 Å². The van der Waals surface area contributed by atoms with Crippen LogP contribution >= 0.6 is 0 Å². The molecule has 2 aromatic rings. The van der Waals surface area contributed by atoms with E-state index in [0.29, 0.717) is 17.7 Å². The van der Waals surface area contributed by atoms with Gasteiger partial charge in [0.1, 0.15) is 11.6 Å². The second kappa shape index (κ2) is 5.02. The largest absolute Gasteiger partial charge is 0.384 e. The zero-order chi connectivity index (χ0) is 14.2. The van der Waals surface area contributed by atoms with E-state index in [9.17, 15) is 0 Å². The Kier molecular flexibility index (Phi) is 3.02. The number of aromatic nitrogens is 2. The van der Waals surface area contributed by atoms with Gasteiger partial charge in [-0.05, 0) is 37.5 Å². The highest BCUT2D eigenvalue weighted by Crippen LogP contribution is 2.45. The lowest BCUT2D eigenvalue weighted by Crippen LogP contribution is -2.25. The number of rotatable bonds is 5. The van der Waals surface area contributed by atoms with Crippen molar-refractivity contribution in [1.29, 1.82) is 0 Å². The van der Waals surface area contributed by atoms with E-state index in [0.717, 1.165) is 23.2 Å². The van der Waals surface area contributed by atoms with Crippen molar-refractivity contribution < 1.29 is 0 Å². The number of nitrogens with two attached hydrogens (primary N) is 1. The summed E-state index contributed by atoms with van der Waals surface area (Å²) in [5, 5.41) is 3.62. The van der Waals surface area contributed by atoms with Gasteiger partial charge in [-0.25, -0.2) is 9.97 Å². The zero-order valence-electron chi connectivity index (χ0n) is 12.0. The van der Waals surface area contributed by atoms with E-state index in [1.54, 1.807) is 0 Å². The first-order valence-electron chi connectivity index (χ1n) is 7.76. The monoisotopic (exact) mass is 280 g/mol. The molecule has 3 N–H and O–H groups in total. The fourth-order valence-electron chi connectivity index (χ4n) is 2.96. The average molecular weight is 280 g/mol. The predicted octanol–water partition coefficient (Wildman–Crippen LogP) is 3.33. The number of anilines is 2. The molecule has 108 valence electrons. The lowest BCUT2D eigenvalue weighted by Gasteiger charge is -2.19. The molecule has 1 heterocycles. The van der Waals surface area contributed by atoms with Gasteiger partial charge in [-0.3, -0.25) is 0 Å². The van der Waals surface area contributed by atoms with Crippen LogP contribution in [0, 0.1) is 11.8 Å². The molecule has 0 bridgehead atoms. The summed E-state index contributed by atoms with van der Waals surface area (Å²) in [6, 6.07) is 12.4. The normalized spacial score (nSPS) is 18.0. The first kappa shape index (κ1) is 12.6. The minimum absolute atomic E-state index is 0.525. The van der Waals surface area contributed by atoms with Crippen LogP contribution in [0.25, 0.3) is 11.4 Å². The molecule has 0 amide bonds. The summed E-state index contributed by atoms with van der Waals surface area (Å²) < 4.78 is 0. The number of benzene rings is 1. The van der Waals surface area contributed by atoms with Gasteiger partial charge in [0.25, 0.3) is 0 Å². The van der Waals surface area contributed by atoms with Crippen LogP contribution in [0.15, 0.2) is 36.4 Å². The minimum atomic E-state index is 0.525. The molecule has 4 heteroatoms. The SMILES string of the molecule is Nc1cc(NC(C2CC2)C2CC2)nc(-c2ccccc2)n1. The fourth-order valence-corrected chi connectivity index (χ4v) is 2.96. The molecule has 0 atom stereocenters. The zero-order valence-corrected chi connectivity index (χ0v) is 12.0. The molecule has 4 rings (SSSR count). The summed E-state index contributed by atoms with van der Waals surface area (Å²) in [5.74, 6) is 3.74. The average Bonchev–Trinajstić information content (AvgIpc) is 3.39. The van der Waals surface area contributed by atoms with Crippen molar-refractivity contribution in [2.45, 2.75) is 31.7 Å². The molecule has 21 heavy (non-hydrogen) atoms. The Morgan fingerprint density at radius 2 is 1.67 bits per heavy atom. The predicted molar refractivity (Wildman–Crippen MR) is 84.7 cm³/mol. The van der Waals surface area contributed by atoms with Gasteiger partial charge < -0.3 is 11.1 Å². The molecule has 0 saturated heterocycles. The van der Waals surface area contributed by atoms with Crippen LogP contribution in [-0.2, 0) is 0 Å². The van der Waals surface area contributed by atoms with E-state index in [1.807, 2.05) is 36.4 Å². The lowest BCUT2D eigenvalue weighted by molar-refractivity contribution is 0.565. The Labute approximate surface area is 124 Å². The van der Waals surface area contributed by atoms with Crippen LogP contribution in [0.2, 0.25) is 0 Å². The van der Waals surface area contributed by atoms with E-state index in [2.05, 4.69) is 15.3 Å². The Hall–Kier alpha value is -2.10. The third-order valence-corrected chi connectivity index (χ3v) is 4.35. The van der Waals surface area contributed by atoms with Gasteiger partial charge in [0, 0.05) is 17.7 Å². The van der Waals surface area contributed by atoms with Crippen LogP contribution in [0.1, 0.15) is 25.7 Å². The maximum absolute atomic E-state index is 5.96. The number of nitrogens with zero attached hydrogens (tertiary/aromatic N) is 2. The van der Waals surface area contributed by atoms with E-state index >= 15 is 0 Å². The van der Waals surface area contributed by atoms with Gasteiger partial charge in [0.2, 0.25) is 0 Å². The van der Waals surface area contributed by atoms with Gasteiger partial charge in [0.15, 0.2) is 5.82 Å². The molecule has 0 aliphatic heterocycles. The third kappa shape index (κ3) is 2.84. The summed E-state index contributed by atoms with van der Waals surface area (Å²) in [5.41, 5.74) is 6.97. The van der Waals surface area contributed by atoms with Crippen LogP contribution < -0.4 is 11.1 Å². The van der Waals surface area contributed by atoms with Crippen LogP contribution in [0.4, 0.5) is 11.6 Å². The Morgan fingerprint density at radius 3 is 2.29 bits per heavy atom. The molecule has 0 radical (unpaired) electrons. The summed E-state index contributed by atoms with van der Waals surface area (Å²) in [4.78, 5) is 9.02. The lowest BCUT2D eigenvalue weighted by atomic mass is 10.1. The van der Waals surface area contributed by atoms with Crippen molar-refractivity contribution in [2.75, 3.05) is 11.1 Å². The first-order chi connectivity index (χ1) is 10.3. The quantitative estimate of drug-likeness (QED) is 0.881. The highest BCUT2D eigenvalue weighted by Gasteiger charge is 2.41. The highest BCUT2D eigenvalue weighted by molar-refractivity contribution is 5.60. The van der Waals surface area contributed by atoms with Crippen molar-refractivity contribution in [3.8, 4) is 11.4 Å². The molecular formula is C17H20N4. The minimum Gasteiger partial charge on any atom is -0.384 e. The molecule has 2 aliphatic carbocycles. The Morgan fingerprint density at radius 1 is 1.00 bits per heavy atom. The van der Waals surface area contributed by atoms with E-state index in [1.165, 1.54) is 25.7 Å². The van der Waals surface area contributed by atoms with Crippen LogP contribution in [0.3, 0.4) is 0 Å².